The maximum absolute atomic E-state index is 6.11. The lowest BCUT2D eigenvalue weighted by Gasteiger charge is -2.16. The van der Waals surface area contributed by atoms with Gasteiger partial charge in [0.15, 0.2) is 0 Å². The lowest BCUT2D eigenvalue weighted by atomic mass is 9.97. The molecule has 1 aromatic carbocycles. The molecule has 96 valence electrons. The topological polar surface area (TPSA) is 0 Å². The minimum absolute atomic E-state index is 0.201. The molecule has 2 aromatic rings. The van der Waals surface area contributed by atoms with Gasteiger partial charge in [0, 0.05) is 4.88 Å². The van der Waals surface area contributed by atoms with Crippen molar-refractivity contribution in [3.05, 3.63) is 54.1 Å². The maximum atomic E-state index is 6.11. The molecule has 2 rings (SSSR count). The van der Waals surface area contributed by atoms with E-state index in [9.17, 15) is 0 Å². The van der Waals surface area contributed by atoms with Crippen LogP contribution in [0.15, 0.2) is 22.0 Å². The Bertz CT molecular complexity index is 547. The minimum atomic E-state index is 0.201. The van der Waals surface area contributed by atoms with Crippen molar-refractivity contribution in [2.75, 3.05) is 0 Å². The van der Waals surface area contributed by atoms with E-state index in [1.54, 1.807) is 11.3 Å². The monoisotopic (exact) mass is 406 g/mol. The maximum Gasteiger partial charge on any atom is 0.0887 e. The molecule has 1 aromatic heterocycles. The van der Waals surface area contributed by atoms with Crippen LogP contribution >= 0.6 is 54.8 Å². The fourth-order valence-corrected chi connectivity index (χ4v) is 5.09. The van der Waals surface area contributed by atoms with E-state index in [1.807, 2.05) is 6.07 Å². The first-order valence-corrected chi connectivity index (χ1v) is 8.47. The second-order valence-corrected chi connectivity index (χ2v) is 8.17. The molecular weight excluding hydrogens is 395 g/mol. The van der Waals surface area contributed by atoms with Crippen LogP contribution in [-0.4, -0.2) is 0 Å². The SMILES string of the molecule is Cc1cc(C)c(C(Br)c2cc(Cl)c(Br)s2)c(C)c1. The van der Waals surface area contributed by atoms with Crippen molar-refractivity contribution in [2.24, 2.45) is 0 Å². The molecule has 0 amide bonds. The Labute approximate surface area is 134 Å². The standard InChI is InChI=1S/C14H13Br2ClS/c1-7-4-8(2)12(9(3)5-7)13(15)11-6-10(17)14(16)18-11/h4-6,13H,1-3H3. The van der Waals surface area contributed by atoms with Crippen LogP contribution in [0, 0.1) is 20.8 Å². The van der Waals surface area contributed by atoms with Crippen molar-refractivity contribution < 1.29 is 0 Å². The van der Waals surface area contributed by atoms with Gasteiger partial charge in [-0.25, -0.2) is 0 Å². The van der Waals surface area contributed by atoms with E-state index in [4.69, 9.17) is 11.6 Å². The molecule has 0 spiro atoms. The van der Waals surface area contributed by atoms with Crippen molar-refractivity contribution in [3.8, 4) is 0 Å². The summed E-state index contributed by atoms with van der Waals surface area (Å²) in [6.45, 7) is 6.45. The highest BCUT2D eigenvalue weighted by Crippen LogP contribution is 2.43. The van der Waals surface area contributed by atoms with Crippen LogP contribution in [0.25, 0.3) is 0 Å². The number of halogens is 3. The van der Waals surface area contributed by atoms with Gasteiger partial charge in [0.1, 0.15) is 0 Å². The Hall–Kier alpha value is 0.170. The van der Waals surface area contributed by atoms with Gasteiger partial charge in [0.05, 0.1) is 13.6 Å². The number of hydrogen-bond donors (Lipinski definition) is 0. The van der Waals surface area contributed by atoms with E-state index >= 15 is 0 Å². The van der Waals surface area contributed by atoms with Crippen LogP contribution in [0.4, 0.5) is 0 Å². The van der Waals surface area contributed by atoms with Gasteiger partial charge in [-0.05, 0) is 59.5 Å². The highest BCUT2D eigenvalue weighted by Gasteiger charge is 2.18. The summed E-state index contributed by atoms with van der Waals surface area (Å²) in [5, 5.41) is 0.780. The zero-order valence-corrected chi connectivity index (χ0v) is 15.1. The third-order valence-corrected chi connectivity index (χ3v) is 6.70. The average Bonchev–Trinajstić information content (AvgIpc) is 2.57. The summed E-state index contributed by atoms with van der Waals surface area (Å²) in [4.78, 5) is 1.42. The van der Waals surface area contributed by atoms with E-state index in [0.29, 0.717) is 0 Å². The van der Waals surface area contributed by atoms with Crippen molar-refractivity contribution >= 4 is 54.8 Å². The quantitative estimate of drug-likeness (QED) is 0.493. The second-order valence-electron chi connectivity index (χ2n) is 4.45. The molecule has 0 nitrogen and oxygen atoms in total. The number of hydrogen-bond acceptors (Lipinski definition) is 1. The Morgan fingerprint density at radius 3 is 2.11 bits per heavy atom. The molecule has 1 heterocycles. The van der Waals surface area contributed by atoms with Crippen molar-refractivity contribution in [2.45, 2.75) is 25.6 Å². The van der Waals surface area contributed by atoms with E-state index in [-0.39, 0.29) is 4.83 Å². The summed E-state index contributed by atoms with van der Waals surface area (Å²) in [6, 6.07) is 6.47. The van der Waals surface area contributed by atoms with Crippen LogP contribution in [0.1, 0.15) is 32.0 Å². The zero-order valence-electron chi connectivity index (χ0n) is 10.4. The summed E-state index contributed by atoms with van der Waals surface area (Å²) in [7, 11) is 0. The molecule has 0 aliphatic rings. The Morgan fingerprint density at radius 2 is 1.67 bits per heavy atom. The summed E-state index contributed by atoms with van der Waals surface area (Å²) < 4.78 is 0.992. The fourth-order valence-electron chi connectivity index (χ4n) is 2.22. The van der Waals surface area contributed by atoms with Crippen LogP contribution in [0.5, 0.6) is 0 Å². The molecule has 0 radical (unpaired) electrons. The molecule has 0 bridgehead atoms. The summed E-state index contributed by atoms with van der Waals surface area (Å²) in [5.41, 5.74) is 5.27. The molecule has 18 heavy (non-hydrogen) atoms. The number of thiophene rings is 1. The zero-order chi connectivity index (χ0) is 13.4. The Balaban J connectivity index is 2.49. The molecule has 1 unspecified atom stereocenters. The molecule has 0 aliphatic carbocycles. The van der Waals surface area contributed by atoms with Gasteiger partial charge in [0.2, 0.25) is 0 Å². The van der Waals surface area contributed by atoms with Gasteiger partial charge < -0.3 is 0 Å². The Morgan fingerprint density at radius 1 is 1.11 bits per heavy atom. The van der Waals surface area contributed by atoms with Gasteiger partial charge in [-0.1, -0.05) is 45.2 Å². The highest BCUT2D eigenvalue weighted by molar-refractivity contribution is 9.11. The largest absolute Gasteiger partial charge is 0.130 e. The van der Waals surface area contributed by atoms with Gasteiger partial charge in [-0.15, -0.1) is 11.3 Å². The first-order chi connectivity index (χ1) is 8.40. The smallest absolute Gasteiger partial charge is 0.0887 e. The van der Waals surface area contributed by atoms with Gasteiger partial charge in [0.25, 0.3) is 0 Å². The molecule has 0 saturated carbocycles. The van der Waals surface area contributed by atoms with Gasteiger partial charge in [-0.3, -0.25) is 0 Å². The molecule has 1 atom stereocenters. The number of aryl methyl sites for hydroxylation is 3. The number of benzene rings is 1. The lowest BCUT2D eigenvalue weighted by Crippen LogP contribution is -1.98. The van der Waals surface area contributed by atoms with Crippen LogP contribution in [0.2, 0.25) is 5.02 Å². The van der Waals surface area contributed by atoms with E-state index < -0.39 is 0 Å². The van der Waals surface area contributed by atoms with Gasteiger partial charge >= 0.3 is 0 Å². The van der Waals surface area contributed by atoms with E-state index in [0.717, 1.165) is 8.81 Å². The van der Waals surface area contributed by atoms with Crippen LogP contribution in [-0.2, 0) is 0 Å². The second kappa shape index (κ2) is 5.66. The summed E-state index contributed by atoms with van der Waals surface area (Å²) in [6.07, 6.45) is 0. The molecule has 0 aliphatic heterocycles. The molecule has 0 fully saturated rings. The third-order valence-electron chi connectivity index (χ3n) is 2.91. The molecular formula is C14H13Br2ClS. The predicted molar refractivity (Wildman–Crippen MR) is 88.5 cm³/mol. The lowest BCUT2D eigenvalue weighted by molar-refractivity contribution is 1.13. The highest BCUT2D eigenvalue weighted by atomic mass is 79.9. The number of rotatable bonds is 2. The van der Waals surface area contributed by atoms with Crippen LogP contribution in [0.3, 0.4) is 0 Å². The normalized spacial score (nSPS) is 12.8. The van der Waals surface area contributed by atoms with E-state index in [2.05, 4.69) is 64.8 Å². The Kier molecular flexibility index (Phi) is 4.58. The summed E-state index contributed by atoms with van der Waals surface area (Å²) in [5.74, 6) is 0. The fraction of sp³-hybridized carbons (Fsp3) is 0.286. The van der Waals surface area contributed by atoms with Crippen molar-refractivity contribution in [3.63, 3.8) is 0 Å². The average molecular weight is 409 g/mol. The van der Waals surface area contributed by atoms with Gasteiger partial charge in [-0.2, -0.15) is 0 Å². The van der Waals surface area contributed by atoms with Crippen molar-refractivity contribution in [1.29, 1.82) is 0 Å². The first kappa shape index (κ1) is 14.6. The number of alkyl halides is 1. The summed E-state index contributed by atoms with van der Waals surface area (Å²) >= 11 is 15.1. The third kappa shape index (κ3) is 2.84. The van der Waals surface area contributed by atoms with Crippen molar-refractivity contribution in [1.82, 2.24) is 0 Å². The molecule has 0 saturated heterocycles. The predicted octanol–water partition coefficient (Wildman–Crippen LogP) is 6.57. The minimum Gasteiger partial charge on any atom is -0.130 e. The first-order valence-electron chi connectivity index (χ1n) is 5.56. The molecule has 0 N–H and O–H groups in total. The van der Waals surface area contributed by atoms with E-state index in [1.165, 1.54) is 27.1 Å². The molecule has 4 heteroatoms. The van der Waals surface area contributed by atoms with Crippen LogP contribution < -0.4 is 0 Å².